The number of nitrogens with two attached hydrogens (primary N) is 1. The van der Waals surface area contributed by atoms with Crippen molar-refractivity contribution in [3.8, 4) is 0 Å². The maximum Gasteiger partial charge on any atom is 0.397 e. The molecule has 0 aromatic carbocycles. The van der Waals surface area contributed by atoms with E-state index >= 15 is 0 Å². The lowest BCUT2D eigenvalue weighted by Crippen LogP contribution is -2.53. The number of rotatable bonds is 12. The SMILES string of the molecule is CCCOS(=O)(=O)O.N[C@@H](CCC(=O)O)C(=O)N[C@@H](CS)C(=O)NCC(=O)O.O. The second kappa shape index (κ2) is 16.9. The normalized spacial score (nSPS) is 12.3. The Morgan fingerprint density at radius 1 is 1.14 bits per heavy atom. The number of amides is 2. The standard InChI is InChI=1S/C10H17N3O6S.C3H8O4S.H2O/c11-5(1-2-7(14)15)9(18)13-6(4-20)10(19)12-3-8(16)17;1-2-3-7-8(4,5)6;/h5-6,20H,1-4,11H2,(H,12,19)(H,13,18)(H,14,15)(H,16,17);2-3H2,1H3,(H,4,5,6);1H2/t5-,6-;;/m0../s1. The van der Waals surface area contributed by atoms with Gasteiger partial charge < -0.3 is 32.1 Å². The second-order valence-electron chi connectivity index (χ2n) is 5.14. The van der Waals surface area contributed by atoms with Gasteiger partial charge in [-0.15, -0.1) is 0 Å². The van der Waals surface area contributed by atoms with Crippen molar-refractivity contribution < 1.29 is 52.0 Å². The number of aliphatic carboxylic acids is 2. The maximum absolute atomic E-state index is 11.6. The molecule has 0 bridgehead atoms. The Bertz CT molecular complexity index is 627. The highest BCUT2D eigenvalue weighted by Gasteiger charge is 2.23. The molecule has 16 heteroatoms. The number of thiol groups is 1. The molecular formula is C13H27N3O11S2. The minimum absolute atomic E-state index is 0. The maximum atomic E-state index is 11.6. The summed E-state index contributed by atoms with van der Waals surface area (Å²) < 4.78 is 31.3. The summed E-state index contributed by atoms with van der Waals surface area (Å²) in [6, 6.07) is -2.11. The Morgan fingerprint density at radius 2 is 1.69 bits per heavy atom. The van der Waals surface area contributed by atoms with Crippen molar-refractivity contribution >= 4 is 46.8 Å². The van der Waals surface area contributed by atoms with Gasteiger partial charge >= 0.3 is 22.3 Å². The molecule has 2 amide bonds. The van der Waals surface area contributed by atoms with Crippen molar-refractivity contribution in [1.29, 1.82) is 0 Å². The first kappa shape index (κ1) is 31.7. The fraction of sp³-hybridized carbons (Fsp3) is 0.692. The number of carboxylic acids is 2. The van der Waals surface area contributed by atoms with Gasteiger partial charge in [-0.25, -0.2) is 4.18 Å². The third kappa shape index (κ3) is 20.6. The van der Waals surface area contributed by atoms with Crippen molar-refractivity contribution in [3.05, 3.63) is 0 Å². The highest BCUT2D eigenvalue weighted by Crippen LogP contribution is 1.97. The number of carbonyl (C=O) groups is 4. The van der Waals surface area contributed by atoms with Gasteiger partial charge in [0, 0.05) is 12.2 Å². The molecule has 0 spiro atoms. The van der Waals surface area contributed by atoms with Gasteiger partial charge in [0.15, 0.2) is 0 Å². The summed E-state index contributed by atoms with van der Waals surface area (Å²) in [5.41, 5.74) is 5.46. The average molecular weight is 466 g/mol. The molecule has 0 radical (unpaired) electrons. The van der Waals surface area contributed by atoms with E-state index in [-0.39, 0.29) is 30.7 Å². The lowest BCUT2D eigenvalue weighted by Gasteiger charge is -2.18. The van der Waals surface area contributed by atoms with Crippen LogP contribution < -0.4 is 16.4 Å². The van der Waals surface area contributed by atoms with Gasteiger partial charge in [-0.2, -0.15) is 21.0 Å². The molecular weight excluding hydrogens is 438 g/mol. The molecule has 0 aromatic rings. The number of nitrogens with one attached hydrogen (secondary N) is 2. The molecule has 0 aliphatic rings. The summed E-state index contributed by atoms with van der Waals surface area (Å²) in [6.45, 7) is 1.20. The van der Waals surface area contributed by atoms with Crippen LogP contribution >= 0.6 is 12.6 Å². The molecule has 0 fully saturated rings. The molecule has 2 atom stereocenters. The van der Waals surface area contributed by atoms with Crippen LogP contribution in [0.1, 0.15) is 26.2 Å². The highest BCUT2D eigenvalue weighted by atomic mass is 32.3. The van der Waals surface area contributed by atoms with Crippen molar-refractivity contribution in [3.63, 3.8) is 0 Å². The van der Waals surface area contributed by atoms with Gasteiger partial charge in [-0.05, 0) is 12.8 Å². The predicted molar refractivity (Wildman–Crippen MR) is 103 cm³/mol. The minimum Gasteiger partial charge on any atom is -0.481 e. The van der Waals surface area contributed by atoms with E-state index in [1.165, 1.54) is 0 Å². The largest absolute Gasteiger partial charge is 0.481 e. The summed E-state index contributed by atoms with van der Waals surface area (Å²) >= 11 is 3.87. The number of hydrogen-bond acceptors (Lipinski definition) is 9. The number of hydrogen-bond donors (Lipinski definition) is 7. The first-order chi connectivity index (χ1) is 12.8. The third-order valence-corrected chi connectivity index (χ3v) is 3.50. The molecule has 14 nitrogen and oxygen atoms in total. The summed E-state index contributed by atoms with van der Waals surface area (Å²) in [4.78, 5) is 43.8. The summed E-state index contributed by atoms with van der Waals surface area (Å²) in [5.74, 6) is -3.76. The second-order valence-corrected chi connectivity index (χ2v) is 6.60. The Labute approximate surface area is 172 Å². The van der Waals surface area contributed by atoms with Gasteiger partial charge in [0.1, 0.15) is 12.6 Å². The van der Waals surface area contributed by atoms with E-state index in [2.05, 4.69) is 27.4 Å². The van der Waals surface area contributed by atoms with Crippen LogP contribution in [0.25, 0.3) is 0 Å². The smallest absolute Gasteiger partial charge is 0.397 e. The van der Waals surface area contributed by atoms with Gasteiger partial charge in [-0.3, -0.25) is 23.7 Å². The Morgan fingerprint density at radius 3 is 2.03 bits per heavy atom. The monoisotopic (exact) mass is 465 g/mol. The zero-order chi connectivity index (χ0) is 22.3. The zero-order valence-corrected chi connectivity index (χ0v) is 17.2. The molecule has 0 saturated heterocycles. The molecule has 0 aliphatic heterocycles. The Kier molecular flexibility index (Phi) is 18.5. The van der Waals surface area contributed by atoms with E-state index in [9.17, 15) is 27.6 Å². The van der Waals surface area contributed by atoms with E-state index in [0.29, 0.717) is 6.42 Å². The molecule has 0 heterocycles. The Balaban J connectivity index is -0.000000636. The van der Waals surface area contributed by atoms with Crippen LogP contribution in [0.15, 0.2) is 0 Å². The fourth-order valence-corrected chi connectivity index (χ4v) is 1.99. The molecule has 0 rings (SSSR count). The molecule has 0 unspecified atom stereocenters. The van der Waals surface area contributed by atoms with Crippen LogP contribution in [0.4, 0.5) is 0 Å². The number of carbonyl (C=O) groups excluding carboxylic acids is 2. The predicted octanol–water partition coefficient (Wildman–Crippen LogP) is -2.81. The van der Waals surface area contributed by atoms with Crippen LogP contribution in [0.3, 0.4) is 0 Å². The van der Waals surface area contributed by atoms with Gasteiger partial charge in [0.25, 0.3) is 0 Å². The van der Waals surface area contributed by atoms with E-state index in [1.54, 1.807) is 6.92 Å². The molecule has 172 valence electrons. The fourth-order valence-electron chi connectivity index (χ4n) is 1.36. The highest BCUT2D eigenvalue weighted by molar-refractivity contribution is 7.80. The molecule has 0 aliphatic carbocycles. The summed E-state index contributed by atoms with van der Waals surface area (Å²) in [6.07, 6.45) is 0.225. The number of carboxylic acid groups (broad SMARTS) is 2. The first-order valence-corrected chi connectivity index (χ1v) is 9.83. The lowest BCUT2D eigenvalue weighted by atomic mass is 10.1. The van der Waals surface area contributed by atoms with E-state index in [0.717, 1.165) is 0 Å². The Hall–Kier alpha value is -1.98. The van der Waals surface area contributed by atoms with Crippen LogP contribution in [0.2, 0.25) is 0 Å². The quantitative estimate of drug-likeness (QED) is 0.114. The third-order valence-electron chi connectivity index (χ3n) is 2.67. The van der Waals surface area contributed by atoms with E-state index < -0.39 is 52.8 Å². The van der Waals surface area contributed by atoms with Crippen molar-refractivity contribution in [1.82, 2.24) is 10.6 Å². The first-order valence-electron chi connectivity index (χ1n) is 7.83. The lowest BCUT2D eigenvalue weighted by molar-refractivity contribution is -0.138. The van der Waals surface area contributed by atoms with Crippen molar-refractivity contribution in [2.75, 3.05) is 18.9 Å². The minimum atomic E-state index is -4.19. The van der Waals surface area contributed by atoms with Gasteiger partial charge in [0.2, 0.25) is 11.8 Å². The van der Waals surface area contributed by atoms with Crippen molar-refractivity contribution in [2.24, 2.45) is 5.73 Å². The van der Waals surface area contributed by atoms with Crippen LogP contribution in [0, 0.1) is 0 Å². The molecule has 9 N–H and O–H groups in total. The summed E-state index contributed by atoms with van der Waals surface area (Å²) in [7, 11) is -4.19. The zero-order valence-electron chi connectivity index (χ0n) is 15.5. The molecule has 0 saturated carbocycles. The topological polar surface area (TPSA) is 254 Å². The van der Waals surface area contributed by atoms with Crippen LogP contribution in [-0.2, 0) is 33.8 Å². The summed E-state index contributed by atoms with van der Waals surface area (Å²) in [5, 5.41) is 21.2. The van der Waals surface area contributed by atoms with Crippen molar-refractivity contribution in [2.45, 2.75) is 38.3 Å². The van der Waals surface area contributed by atoms with Crippen LogP contribution in [-0.4, -0.2) is 83.4 Å². The van der Waals surface area contributed by atoms with Gasteiger partial charge in [0.05, 0.1) is 12.6 Å². The van der Waals surface area contributed by atoms with Crippen LogP contribution in [0.5, 0.6) is 0 Å². The van der Waals surface area contributed by atoms with E-state index in [1.807, 2.05) is 0 Å². The molecule has 0 aromatic heterocycles. The molecule has 29 heavy (non-hydrogen) atoms. The van der Waals surface area contributed by atoms with Gasteiger partial charge in [-0.1, -0.05) is 6.92 Å². The average Bonchev–Trinajstić information content (AvgIpc) is 2.59. The van der Waals surface area contributed by atoms with E-state index in [4.69, 9.17) is 20.5 Å².